The molecular formula is C20H14BrN3O. The standard InChI is InChI=1S/C20H14BrN3O/c1-13-18-11-15(12-25)19(14-7-9-16(21)10-8-14)22-20(18)24(23-13)17-5-3-2-4-6-17/h2-12H,1H3. The number of fused-ring (bicyclic) bond motifs is 1. The van der Waals surface area contributed by atoms with Crippen LogP contribution in [0.4, 0.5) is 0 Å². The molecule has 0 unspecified atom stereocenters. The van der Waals surface area contributed by atoms with Crippen LogP contribution < -0.4 is 0 Å². The first-order valence-corrected chi connectivity index (χ1v) is 8.63. The Kier molecular flexibility index (Phi) is 3.93. The minimum Gasteiger partial charge on any atom is -0.298 e. The van der Waals surface area contributed by atoms with Crippen molar-refractivity contribution in [3.63, 3.8) is 0 Å². The molecule has 4 rings (SSSR count). The van der Waals surface area contributed by atoms with Gasteiger partial charge in [0.1, 0.15) is 0 Å². The normalized spacial score (nSPS) is 11.0. The number of hydrogen-bond donors (Lipinski definition) is 0. The second kappa shape index (κ2) is 6.26. The first-order valence-electron chi connectivity index (χ1n) is 7.84. The average Bonchev–Trinajstić information content (AvgIpc) is 2.98. The van der Waals surface area contributed by atoms with Crippen molar-refractivity contribution in [2.45, 2.75) is 6.92 Å². The van der Waals surface area contributed by atoms with Crippen molar-refractivity contribution in [2.24, 2.45) is 0 Å². The van der Waals surface area contributed by atoms with Gasteiger partial charge in [0, 0.05) is 21.0 Å². The number of carbonyl (C=O) groups excluding carboxylic acids is 1. The van der Waals surface area contributed by atoms with Crippen LogP contribution in [0.25, 0.3) is 28.0 Å². The van der Waals surface area contributed by atoms with Crippen molar-refractivity contribution in [3.05, 3.63) is 76.4 Å². The Bertz CT molecular complexity index is 1070. The number of aromatic nitrogens is 3. The molecule has 0 saturated carbocycles. The van der Waals surface area contributed by atoms with Gasteiger partial charge in [-0.15, -0.1) is 0 Å². The SMILES string of the molecule is Cc1nn(-c2ccccc2)c2nc(-c3ccc(Br)cc3)c(C=O)cc12. The molecule has 0 aliphatic rings. The number of benzene rings is 2. The lowest BCUT2D eigenvalue weighted by atomic mass is 10.1. The van der Waals surface area contributed by atoms with Crippen LogP contribution in [0.15, 0.2) is 65.1 Å². The van der Waals surface area contributed by atoms with Crippen LogP contribution >= 0.6 is 15.9 Å². The first-order chi connectivity index (χ1) is 12.2. The van der Waals surface area contributed by atoms with Gasteiger partial charge in [-0.2, -0.15) is 5.10 Å². The van der Waals surface area contributed by atoms with Gasteiger partial charge in [0.15, 0.2) is 11.9 Å². The minimum absolute atomic E-state index is 0.561. The van der Waals surface area contributed by atoms with Gasteiger partial charge < -0.3 is 0 Å². The van der Waals surface area contributed by atoms with Gasteiger partial charge in [0.2, 0.25) is 0 Å². The van der Waals surface area contributed by atoms with Crippen LogP contribution in [0, 0.1) is 6.92 Å². The fourth-order valence-corrected chi connectivity index (χ4v) is 3.14. The summed E-state index contributed by atoms with van der Waals surface area (Å²) < 4.78 is 2.80. The number of aldehydes is 1. The van der Waals surface area contributed by atoms with E-state index in [4.69, 9.17) is 4.98 Å². The zero-order chi connectivity index (χ0) is 17.4. The summed E-state index contributed by atoms with van der Waals surface area (Å²) in [6.07, 6.45) is 0.850. The van der Waals surface area contributed by atoms with E-state index in [1.54, 1.807) is 0 Å². The fourth-order valence-electron chi connectivity index (χ4n) is 2.88. The predicted octanol–water partition coefficient (Wildman–Crippen LogP) is 4.97. The molecule has 2 aromatic heterocycles. The molecule has 0 radical (unpaired) electrons. The Hall–Kier alpha value is -2.79. The van der Waals surface area contributed by atoms with E-state index in [9.17, 15) is 4.79 Å². The van der Waals surface area contributed by atoms with E-state index in [0.29, 0.717) is 11.3 Å². The molecule has 4 nitrogen and oxygen atoms in total. The van der Waals surface area contributed by atoms with Crippen molar-refractivity contribution >= 4 is 33.2 Å². The summed E-state index contributed by atoms with van der Waals surface area (Å²) in [4.78, 5) is 16.4. The third kappa shape index (κ3) is 2.76. The number of hydrogen-bond acceptors (Lipinski definition) is 3. The molecule has 0 N–H and O–H groups in total. The van der Waals surface area contributed by atoms with E-state index < -0.39 is 0 Å². The number of carbonyl (C=O) groups is 1. The van der Waals surface area contributed by atoms with E-state index >= 15 is 0 Å². The molecule has 2 heterocycles. The Morgan fingerprint density at radius 1 is 1.04 bits per heavy atom. The Balaban J connectivity index is 2.01. The highest BCUT2D eigenvalue weighted by Crippen LogP contribution is 2.28. The third-order valence-electron chi connectivity index (χ3n) is 4.12. The fraction of sp³-hybridized carbons (Fsp3) is 0.0500. The molecule has 0 fully saturated rings. The highest BCUT2D eigenvalue weighted by molar-refractivity contribution is 9.10. The van der Waals surface area contributed by atoms with Crippen LogP contribution in [0.1, 0.15) is 16.1 Å². The summed E-state index contributed by atoms with van der Waals surface area (Å²) >= 11 is 3.43. The van der Waals surface area contributed by atoms with Crippen molar-refractivity contribution in [1.82, 2.24) is 14.8 Å². The molecule has 0 aliphatic carbocycles. The highest BCUT2D eigenvalue weighted by Gasteiger charge is 2.15. The van der Waals surface area contributed by atoms with Crippen LogP contribution in [0.3, 0.4) is 0 Å². The quantitative estimate of drug-likeness (QED) is 0.463. The maximum Gasteiger partial charge on any atom is 0.163 e. The zero-order valence-electron chi connectivity index (χ0n) is 13.5. The monoisotopic (exact) mass is 391 g/mol. The van der Waals surface area contributed by atoms with Gasteiger partial charge in [0.25, 0.3) is 0 Å². The molecule has 0 atom stereocenters. The van der Waals surface area contributed by atoms with Crippen molar-refractivity contribution in [1.29, 1.82) is 0 Å². The molecular weight excluding hydrogens is 378 g/mol. The second-order valence-electron chi connectivity index (χ2n) is 5.75. The maximum absolute atomic E-state index is 11.6. The Morgan fingerprint density at radius 2 is 1.76 bits per heavy atom. The molecule has 0 spiro atoms. The van der Waals surface area contributed by atoms with E-state index in [0.717, 1.165) is 38.7 Å². The summed E-state index contributed by atoms with van der Waals surface area (Å²) in [5, 5.41) is 5.50. The van der Waals surface area contributed by atoms with E-state index in [-0.39, 0.29) is 0 Å². The average molecular weight is 392 g/mol. The van der Waals surface area contributed by atoms with E-state index in [1.807, 2.05) is 72.3 Å². The number of rotatable bonds is 3. The zero-order valence-corrected chi connectivity index (χ0v) is 15.1. The number of halogens is 1. The van der Waals surface area contributed by atoms with Gasteiger partial charge in [0.05, 0.1) is 17.1 Å². The second-order valence-corrected chi connectivity index (χ2v) is 6.67. The van der Waals surface area contributed by atoms with Crippen LogP contribution in [-0.2, 0) is 0 Å². The number of nitrogens with zero attached hydrogens (tertiary/aromatic N) is 3. The Labute approximate surface area is 153 Å². The lowest BCUT2D eigenvalue weighted by Crippen LogP contribution is -1.99. The predicted molar refractivity (Wildman–Crippen MR) is 102 cm³/mol. The lowest BCUT2D eigenvalue weighted by molar-refractivity contribution is 0.112. The largest absolute Gasteiger partial charge is 0.298 e. The van der Waals surface area contributed by atoms with Crippen LogP contribution in [-0.4, -0.2) is 21.1 Å². The summed E-state index contributed by atoms with van der Waals surface area (Å²) in [6.45, 7) is 1.93. The van der Waals surface area contributed by atoms with Gasteiger partial charge >= 0.3 is 0 Å². The van der Waals surface area contributed by atoms with E-state index in [1.165, 1.54) is 0 Å². The number of aryl methyl sites for hydroxylation is 1. The maximum atomic E-state index is 11.6. The highest BCUT2D eigenvalue weighted by atomic mass is 79.9. The number of pyridine rings is 1. The lowest BCUT2D eigenvalue weighted by Gasteiger charge is -2.07. The third-order valence-corrected chi connectivity index (χ3v) is 4.65. The molecule has 122 valence electrons. The smallest absolute Gasteiger partial charge is 0.163 e. The van der Waals surface area contributed by atoms with Gasteiger partial charge in [-0.3, -0.25) is 4.79 Å². The van der Waals surface area contributed by atoms with Crippen molar-refractivity contribution in [3.8, 4) is 16.9 Å². The van der Waals surface area contributed by atoms with Gasteiger partial charge in [-0.25, -0.2) is 9.67 Å². The molecule has 2 aromatic carbocycles. The summed E-state index contributed by atoms with van der Waals surface area (Å²) in [7, 11) is 0. The molecule has 0 saturated heterocycles. The van der Waals surface area contributed by atoms with E-state index in [2.05, 4.69) is 21.0 Å². The summed E-state index contributed by atoms with van der Waals surface area (Å²) in [5.74, 6) is 0. The van der Waals surface area contributed by atoms with Gasteiger partial charge in [-0.1, -0.05) is 46.3 Å². The molecule has 4 aromatic rings. The summed E-state index contributed by atoms with van der Waals surface area (Å²) in [5.41, 5.74) is 4.64. The van der Waals surface area contributed by atoms with Gasteiger partial charge in [-0.05, 0) is 37.3 Å². The topological polar surface area (TPSA) is 47.8 Å². The van der Waals surface area contributed by atoms with Crippen LogP contribution in [0.5, 0.6) is 0 Å². The van der Waals surface area contributed by atoms with Crippen molar-refractivity contribution in [2.75, 3.05) is 0 Å². The first kappa shape index (κ1) is 15.7. The molecule has 0 aliphatic heterocycles. The molecule has 0 bridgehead atoms. The molecule has 25 heavy (non-hydrogen) atoms. The minimum atomic E-state index is 0.561. The Morgan fingerprint density at radius 3 is 2.44 bits per heavy atom. The van der Waals surface area contributed by atoms with Crippen LogP contribution in [0.2, 0.25) is 0 Å². The molecule has 0 amide bonds. The molecule has 5 heteroatoms. The van der Waals surface area contributed by atoms with Crippen molar-refractivity contribution < 1.29 is 4.79 Å². The summed E-state index contributed by atoms with van der Waals surface area (Å²) in [6, 6.07) is 19.5. The number of para-hydroxylation sites is 1.